The molecule has 6 rings (SSSR count). The van der Waals surface area contributed by atoms with E-state index >= 15 is 0 Å². The minimum absolute atomic E-state index is 0.0254. The van der Waals surface area contributed by atoms with Crippen LogP contribution in [-0.4, -0.2) is 58.0 Å². The van der Waals surface area contributed by atoms with Crippen molar-refractivity contribution < 1.29 is 23.1 Å². The average molecular weight is 621 g/mol. The van der Waals surface area contributed by atoms with E-state index < -0.39 is 12.0 Å². The van der Waals surface area contributed by atoms with Crippen LogP contribution >= 0.6 is 0 Å². The summed E-state index contributed by atoms with van der Waals surface area (Å²) in [5.41, 5.74) is 4.76. The standard InChI is InChI=1S/C34H42F2N6O3/c1-21-15-30(43)39-27-8-5-9-28(31(27)38-21)42-12-6-7-23-16-25(26(32(35)36)17-29(23)42)24-18-37-41(20-24)19-22-10-13-40(14-11-22)33(44)45-34(2,3)4/h5,8-9,16-18,20-22,32,38H,6-7,10-15,19H2,1-4H3,(H,39,43)/t21-/m1/s1. The van der Waals surface area contributed by atoms with Crippen molar-refractivity contribution in [3.8, 4) is 11.1 Å². The van der Waals surface area contributed by atoms with Crippen molar-refractivity contribution in [2.24, 2.45) is 5.92 Å². The van der Waals surface area contributed by atoms with Gasteiger partial charge in [-0.25, -0.2) is 13.6 Å². The van der Waals surface area contributed by atoms with E-state index in [4.69, 9.17) is 4.74 Å². The molecule has 0 bridgehead atoms. The summed E-state index contributed by atoms with van der Waals surface area (Å²) in [6.07, 6.45) is 4.23. The highest BCUT2D eigenvalue weighted by molar-refractivity contribution is 6.00. The number of piperidine rings is 1. The first-order valence-electron chi connectivity index (χ1n) is 15.9. The molecule has 1 saturated heterocycles. The van der Waals surface area contributed by atoms with E-state index in [1.807, 2.05) is 62.8 Å². The average Bonchev–Trinajstić information content (AvgIpc) is 3.38. The first-order valence-corrected chi connectivity index (χ1v) is 15.9. The fraction of sp³-hybridized carbons (Fsp3) is 0.500. The highest BCUT2D eigenvalue weighted by Gasteiger charge is 2.30. The summed E-state index contributed by atoms with van der Waals surface area (Å²) in [4.78, 5) is 28.6. The molecule has 1 fully saturated rings. The van der Waals surface area contributed by atoms with Crippen molar-refractivity contribution in [1.82, 2.24) is 14.7 Å². The Morgan fingerprint density at radius 1 is 1.13 bits per heavy atom. The molecule has 0 radical (unpaired) electrons. The van der Waals surface area contributed by atoms with Crippen LogP contribution in [0.15, 0.2) is 42.7 Å². The molecule has 1 atom stereocenters. The molecule has 3 aliphatic heterocycles. The van der Waals surface area contributed by atoms with E-state index in [-0.39, 0.29) is 23.6 Å². The fourth-order valence-corrected chi connectivity index (χ4v) is 6.62. The van der Waals surface area contributed by atoms with Gasteiger partial charge in [-0.1, -0.05) is 6.07 Å². The van der Waals surface area contributed by atoms with Crippen LogP contribution in [0.3, 0.4) is 0 Å². The zero-order valence-corrected chi connectivity index (χ0v) is 26.4. The Balaban J connectivity index is 1.23. The molecular weight excluding hydrogens is 578 g/mol. The van der Waals surface area contributed by atoms with Gasteiger partial charge in [0.05, 0.1) is 23.3 Å². The Morgan fingerprint density at radius 2 is 1.91 bits per heavy atom. The molecule has 0 unspecified atom stereocenters. The molecule has 2 N–H and O–H groups in total. The second-order valence-electron chi connectivity index (χ2n) is 13.5. The zero-order valence-electron chi connectivity index (χ0n) is 26.4. The lowest BCUT2D eigenvalue weighted by atomic mass is 9.92. The Labute approximate surface area is 262 Å². The van der Waals surface area contributed by atoms with Gasteiger partial charge in [0.15, 0.2) is 0 Å². The SMILES string of the molecule is C[C@@H]1CC(=O)Nc2cccc(N3CCCc4cc(-c5cnn(CC6CCN(C(=O)OC(C)(C)C)CC6)c5)c(C(F)F)cc43)c2N1. The first-order chi connectivity index (χ1) is 21.4. The van der Waals surface area contributed by atoms with Crippen molar-refractivity contribution in [2.45, 2.75) is 84.4 Å². The molecule has 9 nitrogen and oxygen atoms in total. The number of carbonyl (C=O) groups excluding carboxylic acids is 2. The van der Waals surface area contributed by atoms with Gasteiger partial charge in [0.1, 0.15) is 5.60 Å². The van der Waals surface area contributed by atoms with E-state index in [0.717, 1.165) is 48.3 Å². The van der Waals surface area contributed by atoms with Crippen LogP contribution in [0.4, 0.5) is 36.3 Å². The number of carbonyl (C=O) groups is 2. The molecule has 4 heterocycles. The Hall–Kier alpha value is -4.15. The minimum Gasteiger partial charge on any atom is -0.444 e. The smallest absolute Gasteiger partial charge is 0.410 e. The quantitative estimate of drug-likeness (QED) is 0.310. The van der Waals surface area contributed by atoms with Crippen molar-refractivity contribution in [3.63, 3.8) is 0 Å². The molecule has 0 saturated carbocycles. The predicted octanol–water partition coefficient (Wildman–Crippen LogP) is 7.36. The van der Waals surface area contributed by atoms with Gasteiger partial charge in [-0.3, -0.25) is 9.48 Å². The second kappa shape index (κ2) is 12.3. The third kappa shape index (κ3) is 6.77. The van der Waals surface area contributed by atoms with Crippen LogP contribution < -0.4 is 15.5 Å². The minimum atomic E-state index is -2.67. The summed E-state index contributed by atoms with van der Waals surface area (Å²) in [5, 5.41) is 11.0. The molecule has 2 aromatic carbocycles. The first kappa shape index (κ1) is 30.9. The molecule has 11 heteroatoms. The van der Waals surface area contributed by atoms with Gasteiger partial charge in [0, 0.05) is 61.7 Å². The number of nitrogens with zero attached hydrogens (tertiary/aromatic N) is 4. The van der Waals surface area contributed by atoms with E-state index in [1.165, 1.54) is 0 Å². The Bertz CT molecular complexity index is 1570. The van der Waals surface area contributed by atoms with Gasteiger partial charge in [-0.05, 0) is 94.7 Å². The number of amides is 2. The number of rotatable bonds is 5. The van der Waals surface area contributed by atoms with E-state index in [0.29, 0.717) is 55.3 Å². The zero-order chi connectivity index (χ0) is 31.9. The number of anilines is 4. The number of benzene rings is 2. The van der Waals surface area contributed by atoms with Gasteiger partial charge < -0.3 is 25.2 Å². The second-order valence-corrected chi connectivity index (χ2v) is 13.5. The van der Waals surface area contributed by atoms with Gasteiger partial charge >= 0.3 is 6.09 Å². The van der Waals surface area contributed by atoms with Crippen molar-refractivity contribution in [1.29, 1.82) is 0 Å². The summed E-state index contributed by atoms with van der Waals surface area (Å²) in [7, 11) is 0. The summed E-state index contributed by atoms with van der Waals surface area (Å²) in [6, 6.07) is 9.20. The number of hydrogen-bond donors (Lipinski definition) is 2. The molecule has 0 spiro atoms. The maximum Gasteiger partial charge on any atom is 0.410 e. The van der Waals surface area contributed by atoms with E-state index in [9.17, 15) is 18.4 Å². The largest absolute Gasteiger partial charge is 0.444 e. The summed E-state index contributed by atoms with van der Waals surface area (Å²) in [5.74, 6) is 0.270. The summed E-state index contributed by atoms with van der Waals surface area (Å²) >= 11 is 0. The van der Waals surface area contributed by atoms with Gasteiger partial charge in [-0.15, -0.1) is 0 Å². The van der Waals surface area contributed by atoms with Crippen LogP contribution in [0.5, 0.6) is 0 Å². The summed E-state index contributed by atoms with van der Waals surface area (Å²) < 4.78 is 36.7. The predicted molar refractivity (Wildman–Crippen MR) is 171 cm³/mol. The van der Waals surface area contributed by atoms with Crippen LogP contribution in [0, 0.1) is 5.92 Å². The number of fused-ring (bicyclic) bond motifs is 2. The number of hydrogen-bond acceptors (Lipinski definition) is 6. The lowest BCUT2D eigenvalue weighted by Gasteiger charge is -2.34. The molecule has 1 aromatic heterocycles. The number of aromatic nitrogens is 2. The molecule has 3 aromatic rings. The van der Waals surface area contributed by atoms with Crippen molar-refractivity contribution >= 4 is 34.7 Å². The van der Waals surface area contributed by atoms with Crippen molar-refractivity contribution in [3.05, 3.63) is 53.9 Å². The van der Waals surface area contributed by atoms with E-state index in [2.05, 4.69) is 20.6 Å². The monoisotopic (exact) mass is 620 g/mol. The topological polar surface area (TPSA) is 91.7 Å². The number of alkyl halides is 2. The van der Waals surface area contributed by atoms with Crippen LogP contribution in [0.1, 0.15) is 70.9 Å². The molecule has 3 aliphatic rings. The molecule has 0 aliphatic carbocycles. The number of para-hydroxylation sites is 1. The highest BCUT2D eigenvalue weighted by atomic mass is 19.3. The van der Waals surface area contributed by atoms with E-state index in [1.54, 1.807) is 17.2 Å². The van der Waals surface area contributed by atoms with Gasteiger partial charge in [0.25, 0.3) is 6.43 Å². The lowest BCUT2D eigenvalue weighted by Crippen LogP contribution is -2.42. The van der Waals surface area contributed by atoms with Crippen LogP contribution in [0.25, 0.3) is 11.1 Å². The van der Waals surface area contributed by atoms with Gasteiger partial charge in [0.2, 0.25) is 5.91 Å². The molecule has 2 amide bonds. The van der Waals surface area contributed by atoms with Crippen LogP contribution in [0.2, 0.25) is 0 Å². The molecular formula is C34H42F2N6O3. The lowest BCUT2D eigenvalue weighted by molar-refractivity contribution is -0.116. The van der Waals surface area contributed by atoms with Crippen LogP contribution in [-0.2, 0) is 22.5 Å². The fourth-order valence-electron chi connectivity index (χ4n) is 6.62. The normalized spacial score (nSPS) is 19.0. The Morgan fingerprint density at radius 3 is 2.64 bits per heavy atom. The third-order valence-electron chi connectivity index (χ3n) is 8.75. The summed E-state index contributed by atoms with van der Waals surface area (Å²) in [6.45, 7) is 10.1. The molecule has 45 heavy (non-hydrogen) atoms. The third-order valence-corrected chi connectivity index (χ3v) is 8.75. The highest BCUT2D eigenvalue weighted by Crippen LogP contribution is 2.45. The Kier molecular flexibility index (Phi) is 8.45. The van der Waals surface area contributed by atoms with Crippen molar-refractivity contribution in [2.75, 3.05) is 35.2 Å². The maximum atomic E-state index is 14.7. The number of nitrogens with one attached hydrogen (secondary N) is 2. The number of ether oxygens (including phenoxy) is 1. The number of halogens is 2. The van der Waals surface area contributed by atoms with Gasteiger partial charge in [-0.2, -0.15) is 5.10 Å². The number of likely N-dealkylation sites (tertiary alicyclic amines) is 1. The molecule has 240 valence electrons. The number of aryl methyl sites for hydroxylation is 1. The maximum absolute atomic E-state index is 14.7.